The minimum absolute atomic E-state index is 0.159. The second-order valence-corrected chi connectivity index (χ2v) is 4.50. The number of carbonyl (C=O) groups is 1. The van der Waals surface area contributed by atoms with E-state index >= 15 is 0 Å². The number of alkyl halides is 1. The first kappa shape index (κ1) is 13.8. The van der Waals surface area contributed by atoms with Crippen LogP contribution in [0.4, 0.5) is 0 Å². The van der Waals surface area contributed by atoms with Gasteiger partial charge in [-0.25, -0.2) is 0 Å². The van der Waals surface area contributed by atoms with Gasteiger partial charge in [-0.3, -0.25) is 9.78 Å². The summed E-state index contributed by atoms with van der Waals surface area (Å²) < 4.78 is 4.99. The average Bonchev–Trinajstić information content (AvgIpc) is 2.46. The van der Waals surface area contributed by atoms with Crippen LogP contribution in [0.15, 0.2) is 36.5 Å². The normalized spacial score (nSPS) is 12.3. The third kappa shape index (κ3) is 3.43. The quantitative estimate of drug-likeness (QED) is 0.853. The second-order valence-electron chi connectivity index (χ2n) is 4.19. The second kappa shape index (κ2) is 6.50. The van der Waals surface area contributed by atoms with Crippen molar-refractivity contribution in [3.8, 4) is 0 Å². The van der Waals surface area contributed by atoms with Crippen LogP contribution >= 0.6 is 11.6 Å². The van der Waals surface area contributed by atoms with E-state index in [2.05, 4.69) is 10.3 Å². The van der Waals surface area contributed by atoms with Gasteiger partial charge in [-0.1, -0.05) is 6.07 Å². The number of halogens is 1. The fourth-order valence-corrected chi connectivity index (χ4v) is 1.98. The summed E-state index contributed by atoms with van der Waals surface area (Å²) in [5.41, 5.74) is 1.46. The highest BCUT2D eigenvalue weighted by Crippen LogP contribution is 2.13. The van der Waals surface area contributed by atoms with Gasteiger partial charge in [0.05, 0.1) is 18.2 Å². The fourth-order valence-electron chi connectivity index (χ4n) is 1.81. The van der Waals surface area contributed by atoms with Crippen molar-refractivity contribution in [1.82, 2.24) is 10.3 Å². The van der Waals surface area contributed by atoms with Crippen molar-refractivity contribution in [3.63, 3.8) is 0 Å². The van der Waals surface area contributed by atoms with E-state index in [9.17, 15) is 4.79 Å². The molecule has 1 aromatic carbocycles. The first-order valence-electron chi connectivity index (χ1n) is 5.95. The van der Waals surface area contributed by atoms with Crippen molar-refractivity contribution in [3.05, 3.63) is 42.1 Å². The van der Waals surface area contributed by atoms with Gasteiger partial charge in [0.2, 0.25) is 0 Å². The fraction of sp³-hybridized carbons (Fsp3) is 0.286. The average molecular weight is 279 g/mol. The van der Waals surface area contributed by atoms with E-state index in [4.69, 9.17) is 16.3 Å². The summed E-state index contributed by atoms with van der Waals surface area (Å²) in [5.74, 6) is 0.155. The standard InChI is InChI=1S/C14H15ClN2O2/c1-19-9-12(8-15)17-14(18)11-4-5-13-10(7-11)3-2-6-16-13/h2-7,12H,8-9H2,1H3,(H,17,18). The van der Waals surface area contributed by atoms with Gasteiger partial charge in [-0.2, -0.15) is 0 Å². The lowest BCUT2D eigenvalue weighted by Gasteiger charge is -2.15. The summed E-state index contributed by atoms with van der Waals surface area (Å²) in [4.78, 5) is 16.3. The smallest absolute Gasteiger partial charge is 0.251 e. The maximum Gasteiger partial charge on any atom is 0.251 e. The third-order valence-corrected chi connectivity index (χ3v) is 3.13. The molecule has 0 saturated carbocycles. The molecule has 19 heavy (non-hydrogen) atoms. The number of amides is 1. The molecule has 2 rings (SSSR count). The number of rotatable bonds is 5. The van der Waals surface area contributed by atoms with Gasteiger partial charge < -0.3 is 10.1 Å². The molecule has 1 unspecified atom stereocenters. The van der Waals surface area contributed by atoms with Crippen LogP contribution < -0.4 is 5.32 Å². The van der Waals surface area contributed by atoms with Gasteiger partial charge in [0, 0.05) is 30.1 Å². The number of pyridine rings is 1. The van der Waals surface area contributed by atoms with Crippen LogP contribution in [-0.4, -0.2) is 36.5 Å². The Labute approximate surface area is 116 Å². The molecule has 0 spiro atoms. The number of ether oxygens (including phenoxy) is 1. The van der Waals surface area contributed by atoms with Crippen LogP contribution in [0, 0.1) is 0 Å². The molecule has 0 bridgehead atoms. The van der Waals surface area contributed by atoms with Crippen molar-refractivity contribution in [2.45, 2.75) is 6.04 Å². The highest BCUT2D eigenvalue weighted by atomic mass is 35.5. The van der Waals surface area contributed by atoms with E-state index in [1.165, 1.54) is 0 Å². The molecule has 2 aromatic rings. The highest BCUT2D eigenvalue weighted by Gasteiger charge is 2.13. The van der Waals surface area contributed by atoms with E-state index in [0.717, 1.165) is 10.9 Å². The summed E-state index contributed by atoms with van der Waals surface area (Å²) in [5, 5.41) is 3.77. The minimum atomic E-state index is -0.191. The Hall–Kier alpha value is -1.65. The van der Waals surface area contributed by atoms with Crippen molar-refractivity contribution in [2.24, 2.45) is 0 Å². The molecule has 4 nitrogen and oxygen atoms in total. The summed E-state index contributed by atoms with van der Waals surface area (Å²) in [7, 11) is 1.58. The third-order valence-electron chi connectivity index (χ3n) is 2.75. The summed E-state index contributed by atoms with van der Waals surface area (Å²) in [6.07, 6.45) is 1.73. The zero-order valence-electron chi connectivity index (χ0n) is 10.6. The van der Waals surface area contributed by atoms with Gasteiger partial charge in [-0.05, 0) is 24.3 Å². The number of carbonyl (C=O) groups excluding carboxylic acids is 1. The lowest BCUT2D eigenvalue weighted by Crippen LogP contribution is -2.39. The number of methoxy groups -OCH3 is 1. The lowest BCUT2D eigenvalue weighted by atomic mass is 10.1. The molecule has 0 radical (unpaired) electrons. The van der Waals surface area contributed by atoms with E-state index < -0.39 is 0 Å². The Balaban J connectivity index is 2.16. The number of fused-ring (bicyclic) bond motifs is 1. The molecule has 5 heteroatoms. The van der Waals surface area contributed by atoms with Crippen molar-refractivity contribution < 1.29 is 9.53 Å². The molecular formula is C14H15ClN2O2. The Morgan fingerprint density at radius 3 is 3.05 bits per heavy atom. The summed E-state index contributed by atoms with van der Waals surface area (Å²) in [6, 6.07) is 8.97. The number of nitrogens with zero attached hydrogens (tertiary/aromatic N) is 1. The Bertz CT molecular complexity index is 574. The van der Waals surface area contributed by atoms with Gasteiger partial charge in [0.1, 0.15) is 0 Å². The molecule has 100 valence electrons. The van der Waals surface area contributed by atoms with Crippen LogP contribution in [0.5, 0.6) is 0 Å². The van der Waals surface area contributed by atoms with E-state index in [1.54, 1.807) is 19.4 Å². The van der Waals surface area contributed by atoms with Gasteiger partial charge >= 0.3 is 0 Å². The van der Waals surface area contributed by atoms with Gasteiger partial charge in [0.15, 0.2) is 0 Å². The zero-order valence-corrected chi connectivity index (χ0v) is 11.4. The molecule has 1 heterocycles. The monoisotopic (exact) mass is 278 g/mol. The molecule has 0 aliphatic rings. The van der Waals surface area contributed by atoms with Crippen LogP contribution in [0.3, 0.4) is 0 Å². The van der Waals surface area contributed by atoms with Crippen LogP contribution in [0.1, 0.15) is 10.4 Å². The van der Waals surface area contributed by atoms with E-state index in [0.29, 0.717) is 18.1 Å². The SMILES string of the molecule is COCC(CCl)NC(=O)c1ccc2ncccc2c1. The first-order valence-corrected chi connectivity index (χ1v) is 6.48. The molecule has 0 fully saturated rings. The number of nitrogens with one attached hydrogen (secondary N) is 1. The number of benzene rings is 1. The lowest BCUT2D eigenvalue weighted by molar-refractivity contribution is 0.0907. The summed E-state index contributed by atoms with van der Waals surface area (Å²) >= 11 is 5.77. The molecule has 1 atom stereocenters. The predicted molar refractivity (Wildman–Crippen MR) is 75.6 cm³/mol. The van der Waals surface area contributed by atoms with Crippen LogP contribution in [0.25, 0.3) is 10.9 Å². The van der Waals surface area contributed by atoms with Gasteiger partial charge in [0.25, 0.3) is 5.91 Å². The Morgan fingerprint density at radius 2 is 2.32 bits per heavy atom. The van der Waals surface area contributed by atoms with Crippen LogP contribution in [0.2, 0.25) is 0 Å². The molecule has 0 saturated heterocycles. The predicted octanol–water partition coefficient (Wildman–Crippen LogP) is 2.22. The Kier molecular flexibility index (Phi) is 4.71. The number of hydrogen-bond donors (Lipinski definition) is 1. The molecule has 1 N–H and O–H groups in total. The van der Waals surface area contributed by atoms with Crippen molar-refractivity contribution >= 4 is 28.4 Å². The highest BCUT2D eigenvalue weighted by molar-refractivity contribution is 6.18. The van der Waals surface area contributed by atoms with Crippen LogP contribution in [-0.2, 0) is 4.74 Å². The maximum atomic E-state index is 12.1. The largest absolute Gasteiger partial charge is 0.383 e. The molecule has 1 amide bonds. The van der Waals surface area contributed by atoms with Crippen molar-refractivity contribution in [2.75, 3.05) is 19.6 Å². The molecule has 0 aliphatic carbocycles. The molecular weight excluding hydrogens is 264 g/mol. The number of hydrogen-bond acceptors (Lipinski definition) is 3. The minimum Gasteiger partial charge on any atom is -0.383 e. The topological polar surface area (TPSA) is 51.2 Å². The van der Waals surface area contributed by atoms with E-state index in [1.807, 2.05) is 24.3 Å². The van der Waals surface area contributed by atoms with E-state index in [-0.39, 0.29) is 11.9 Å². The molecule has 1 aromatic heterocycles. The Morgan fingerprint density at radius 1 is 1.47 bits per heavy atom. The maximum absolute atomic E-state index is 12.1. The first-order chi connectivity index (χ1) is 9.24. The zero-order chi connectivity index (χ0) is 13.7. The molecule has 0 aliphatic heterocycles. The van der Waals surface area contributed by atoms with Gasteiger partial charge in [-0.15, -0.1) is 11.6 Å². The summed E-state index contributed by atoms with van der Waals surface area (Å²) in [6.45, 7) is 0.393. The number of aromatic nitrogens is 1. The van der Waals surface area contributed by atoms with Crippen molar-refractivity contribution in [1.29, 1.82) is 0 Å².